The highest BCUT2D eigenvalue weighted by atomic mass is 127. The second kappa shape index (κ2) is 11.8. The Bertz CT molecular complexity index is 808. The third kappa shape index (κ3) is 8.84. The lowest BCUT2D eigenvalue weighted by Gasteiger charge is -2.37. The zero-order valence-corrected chi connectivity index (χ0v) is 22.0. The fraction of sp³-hybridized carbons (Fsp3) is 0.650. The Morgan fingerprint density at radius 3 is 2.43 bits per heavy atom. The summed E-state index contributed by atoms with van der Waals surface area (Å²) in [6.07, 6.45) is 1.86. The smallest absolute Gasteiger partial charge is 0.193 e. The van der Waals surface area contributed by atoms with Gasteiger partial charge in [0.15, 0.2) is 5.96 Å². The maximum atomic E-state index is 14.0. The van der Waals surface area contributed by atoms with Gasteiger partial charge in [0.05, 0.1) is 5.75 Å². The molecule has 1 aliphatic rings. The molecule has 0 radical (unpaired) electrons. The first-order valence-corrected chi connectivity index (χ1v) is 12.2. The van der Waals surface area contributed by atoms with E-state index in [1.165, 1.54) is 12.3 Å². The molecule has 0 bridgehead atoms. The predicted octanol–water partition coefficient (Wildman–Crippen LogP) is 3.25. The molecule has 0 saturated carbocycles. The number of rotatable bonds is 7. The van der Waals surface area contributed by atoms with Crippen LogP contribution in [-0.2, 0) is 16.4 Å². The minimum atomic E-state index is -2.97. The van der Waals surface area contributed by atoms with E-state index in [2.05, 4.69) is 34.0 Å². The zero-order chi connectivity index (χ0) is 21.7. The summed E-state index contributed by atoms with van der Waals surface area (Å²) in [5.41, 5.74) is 0.375. The maximum absolute atomic E-state index is 14.0. The third-order valence-electron chi connectivity index (χ3n) is 5.20. The molecule has 0 aliphatic carbocycles. The lowest BCUT2D eigenvalue weighted by Crippen LogP contribution is -2.53. The molecule has 1 aromatic rings. The minimum Gasteiger partial charge on any atom is -0.356 e. The Morgan fingerprint density at radius 2 is 1.90 bits per heavy atom. The summed E-state index contributed by atoms with van der Waals surface area (Å²) in [7, 11) is -1.22. The lowest BCUT2D eigenvalue weighted by atomic mass is 9.90. The van der Waals surface area contributed by atoms with Crippen molar-refractivity contribution in [1.82, 2.24) is 15.1 Å². The molecule has 0 atom stereocenters. The van der Waals surface area contributed by atoms with Crippen LogP contribution in [0.2, 0.25) is 5.02 Å². The fourth-order valence-corrected chi connectivity index (χ4v) is 4.37. The average Bonchev–Trinajstić information content (AvgIpc) is 2.64. The molecule has 6 nitrogen and oxygen atoms in total. The van der Waals surface area contributed by atoms with Crippen LogP contribution in [0.25, 0.3) is 0 Å². The van der Waals surface area contributed by atoms with Crippen LogP contribution >= 0.6 is 35.6 Å². The van der Waals surface area contributed by atoms with Gasteiger partial charge in [-0.05, 0) is 24.0 Å². The Morgan fingerprint density at radius 1 is 1.27 bits per heavy atom. The van der Waals surface area contributed by atoms with Gasteiger partial charge in [0.25, 0.3) is 0 Å². The molecular weight excluding hydrogens is 542 g/mol. The van der Waals surface area contributed by atoms with E-state index in [-0.39, 0.29) is 41.0 Å². The summed E-state index contributed by atoms with van der Waals surface area (Å²) in [4.78, 5) is 8.73. The van der Waals surface area contributed by atoms with Crippen molar-refractivity contribution in [3.63, 3.8) is 0 Å². The van der Waals surface area contributed by atoms with Gasteiger partial charge in [0.1, 0.15) is 15.7 Å². The van der Waals surface area contributed by atoms with Crippen molar-refractivity contribution in [1.29, 1.82) is 0 Å². The van der Waals surface area contributed by atoms with E-state index in [0.29, 0.717) is 30.1 Å². The lowest BCUT2D eigenvalue weighted by molar-refractivity contribution is 0.170. The third-order valence-corrected chi connectivity index (χ3v) is 6.50. The summed E-state index contributed by atoms with van der Waals surface area (Å²) in [5.74, 6) is 0.715. The molecule has 172 valence electrons. The molecule has 2 rings (SSSR count). The first kappa shape index (κ1) is 27.4. The topological polar surface area (TPSA) is 65.0 Å². The maximum Gasteiger partial charge on any atom is 0.193 e. The molecule has 0 spiro atoms. The van der Waals surface area contributed by atoms with Gasteiger partial charge >= 0.3 is 0 Å². The van der Waals surface area contributed by atoms with E-state index >= 15 is 0 Å². The number of aliphatic imine (C=N–C) groups is 1. The van der Waals surface area contributed by atoms with Crippen molar-refractivity contribution in [3.05, 3.63) is 34.6 Å². The van der Waals surface area contributed by atoms with Gasteiger partial charge in [0, 0.05) is 63.2 Å². The van der Waals surface area contributed by atoms with E-state index in [9.17, 15) is 12.8 Å². The summed E-state index contributed by atoms with van der Waals surface area (Å²) >= 11 is 6.14. The number of guanidine groups is 1. The first-order chi connectivity index (χ1) is 13.5. The molecule has 1 N–H and O–H groups in total. The first-order valence-electron chi connectivity index (χ1n) is 9.79. The minimum absolute atomic E-state index is 0. The largest absolute Gasteiger partial charge is 0.356 e. The van der Waals surface area contributed by atoms with E-state index in [1.807, 2.05) is 0 Å². The molecule has 1 heterocycles. The van der Waals surface area contributed by atoms with Gasteiger partial charge in [-0.3, -0.25) is 9.89 Å². The Kier molecular flexibility index (Phi) is 10.8. The van der Waals surface area contributed by atoms with Crippen molar-refractivity contribution in [2.24, 2.45) is 10.4 Å². The molecule has 1 fully saturated rings. The van der Waals surface area contributed by atoms with Crippen LogP contribution in [0.15, 0.2) is 23.2 Å². The fourth-order valence-electron chi connectivity index (χ4n) is 3.23. The van der Waals surface area contributed by atoms with Gasteiger partial charge in [-0.25, -0.2) is 12.8 Å². The summed E-state index contributed by atoms with van der Waals surface area (Å²) in [6.45, 7) is 8.34. The van der Waals surface area contributed by atoms with Crippen LogP contribution in [0.1, 0.15) is 25.8 Å². The summed E-state index contributed by atoms with van der Waals surface area (Å²) < 4.78 is 36.9. The normalized spacial score (nSPS) is 16.3. The number of nitrogens with one attached hydrogen (secondary N) is 1. The molecule has 1 saturated heterocycles. The number of piperazine rings is 1. The number of halogens is 3. The molecule has 0 amide bonds. The Labute approximate surface area is 202 Å². The highest BCUT2D eigenvalue weighted by Gasteiger charge is 2.24. The molecule has 10 heteroatoms. The number of hydrogen-bond acceptors (Lipinski definition) is 4. The number of benzene rings is 1. The molecule has 0 aromatic heterocycles. The van der Waals surface area contributed by atoms with Crippen molar-refractivity contribution in [3.8, 4) is 0 Å². The highest BCUT2D eigenvalue weighted by molar-refractivity contribution is 14.0. The van der Waals surface area contributed by atoms with E-state index in [4.69, 9.17) is 11.6 Å². The van der Waals surface area contributed by atoms with E-state index < -0.39 is 9.84 Å². The molecule has 1 aromatic carbocycles. The summed E-state index contributed by atoms with van der Waals surface area (Å²) in [5, 5.41) is 3.84. The van der Waals surface area contributed by atoms with Crippen LogP contribution in [0.3, 0.4) is 0 Å². The van der Waals surface area contributed by atoms with Gasteiger partial charge in [-0.1, -0.05) is 31.5 Å². The van der Waals surface area contributed by atoms with Crippen LogP contribution in [0.4, 0.5) is 4.39 Å². The standard InChI is InChI=1S/C20H32ClFN4O2S.HI/c1-20(2,8-13-29(4,27)28)15-24-19(23-3)26-11-9-25(10-12-26)14-16-17(21)6-5-7-18(16)22;/h5-7H,8-15H2,1-4H3,(H,23,24);1H. The molecule has 0 unspecified atom stereocenters. The number of nitrogens with zero attached hydrogens (tertiary/aromatic N) is 3. The highest BCUT2D eigenvalue weighted by Crippen LogP contribution is 2.22. The van der Waals surface area contributed by atoms with Crippen molar-refractivity contribution in [2.45, 2.75) is 26.8 Å². The van der Waals surface area contributed by atoms with Crippen molar-refractivity contribution < 1.29 is 12.8 Å². The SMILES string of the molecule is CN=C(NCC(C)(C)CCS(C)(=O)=O)N1CCN(Cc2c(F)cccc2Cl)CC1.I. The quantitative estimate of drug-likeness (QED) is 0.308. The molecule has 30 heavy (non-hydrogen) atoms. The van der Waals surface area contributed by atoms with Gasteiger partial charge in [-0.2, -0.15) is 0 Å². The summed E-state index contributed by atoms with van der Waals surface area (Å²) in [6, 6.07) is 4.77. The predicted molar refractivity (Wildman–Crippen MR) is 133 cm³/mol. The Hall–Kier alpha value is -0.650. The van der Waals surface area contributed by atoms with Gasteiger partial charge in [-0.15, -0.1) is 24.0 Å². The van der Waals surface area contributed by atoms with Crippen LogP contribution in [0, 0.1) is 11.2 Å². The van der Waals surface area contributed by atoms with Gasteiger partial charge < -0.3 is 10.2 Å². The number of hydrogen-bond donors (Lipinski definition) is 1. The van der Waals surface area contributed by atoms with Crippen LogP contribution in [-0.4, -0.2) is 76.0 Å². The van der Waals surface area contributed by atoms with Gasteiger partial charge in [0.2, 0.25) is 0 Å². The van der Waals surface area contributed by atoms with Crippen LogP contribution in [0.5, 0.6) is 0 Å². The monoisotopic (exact) mass is 574 g/mol. The number of sulfone groups is 1. The van der Waals surface area contributed by atoms with Crippen molar-refractivity contribution >= 4 is 51.4 Å². The molecular formula is C20H33ClFIN4O2S. The second-order valence-electron chi connectivity index (χ2n) is 8.41. The second-order valence-corrected chi connectivity index (χ2v) is 11.1. The zero-order valence-electron chi connectivity index (χ0n) is 18.1. The van der Waals surface area contributed by atoms with Crippen LogP contribution < -0.4 is 5.32 Å². The molecule has 1 aliphatic heterocycles. The Balaban J connectivity index is 0.00000450. The van der Waals surface area contributed by atoms with Crippen molar-refractivity contribution in [2.75, 3.05) is 51.8 Å². The van der Waals surface area contributed by atoms with E-state index in [1.54, 1.807) is 19.2 Å². The van der Waals surface area contributed by atoms with E-state index in [0.717, 1.165) is 32.1 Å². The average molecular weight is 575 g/mol.